The summed E-state index contributed by atoms with van der Waals surface area (Å²) in [5.41, 5.74) is 14.8. The molecule has 0 unspecified atom stereocenters. The number of nitrogens with one attached hydrogen (secondary N) is 1. The van der Waals surface area contributed by atoms with E-state index in [1.54, 1.807) is 21.8 Å². The normalized spacial score (nSPS) is 13.4. The zero-order chi connectivity index (χ0) is 46.0. The van der Waals surface area contributed by atoms with E-state index in [-0.39, 0.29) is 11.5 Å². The van der Waals surface area contributed by atoms with E-state index >= 15 is 0 Å². The van der Waals surface area contributed by atoms with Crippen LogP contribution in [0.3, 0.4) is 0 Å². The van der Waals surface area contributed by atoms with Gasteiger partial charge < -0.3 is 25.0 Å². The average molecular weight is 930 g/mol. The number of carboxylic acids is 1. The molecule has 15 heteroatoms. The molecule has 0 saturated heterocycles. The van der Waals surface area contributed by atoms with Crippen LogP contribution in [-0.4, -0.2) is 55.3 Å². The maximum absolute atomic E-state index is 12.7. The molecule has 6 aromatic heterocycles. The largest absolute Gasteiger partial charge is 0.478 e. The van der Waals surface area contributed by atoms with Crippen LogP contribution in [0.1, 0.15) is 91.9 Å². The highest BCUT2D eigenvalue weighted by Crippen LogP contribution is 2.40. The predicted molar refractivity (Wildman–Crippen MR) is 261 cm³/mol. The van der Waals surface area contributed by atoms with Crippen LogP contribution in [-0.2, 0) is 26.2 Å². The van der Waals surface area contributed by atoms with Gasteiger partial charge in [-0.25, -0.2) is 14.8 Å². The summed E-state index contributed by atoms with van der Waals surface area (Å²) < 4.78 is 7.45. The van der Waals surface area contributed by atoms with Crippen molar-refractivity contribution in [3.05, 3.63) is 201 Å². The Kier molecular flexibility index (Phi) is 12.3. The molecule has 12 rings (SSSR count). The number of nitrogens with two attached hydrogens (primary N) is 1. The number of carbonyl (C=O) groups is 2. The van der Waals surface area contributed by atoms with Gasteiger partial charge in [0.1, 0.15) is 11.3 Å². The minimum atomic E-state index is -0.967. The molecule has 2 aliphatic rings. The fourth-order valence-corrected chi connectivity index (χ4v) is 8.62. The summed E-state index contributed by atoms with van der Waals surface area (Å²) in [7, 11) is 0. The summed E-state index contributed by atoms with van der Waals surface area (Å²) in [6.07, 6.45) is 19.6. The van der Waals surface area contributed by atoms with Crippen LogP contribution in [0.2, 0.25) is 10.0 Å². The lowest BCUT2D eigenvalue weighted by Gasteiger charge is -2.08. The Morgan fingerprint density at radius 3 is 1.64 bits per heavy atom. The Bertz CT molecular complexity index is 3440. The van der Waals surface area contributed by atoms with Crippen molar-refractivity contribution in [2.45, 2.75) is 63.7 Å². The zero-order valence-corrected chi connectivity index (χ0v) is 37.9. The Balaban J connectivity index is 0.000000131. The van der Waals surface area contributed by atoms with E-state index in [2.05, 4.69) is 66.5 Å². The molecule has 4 aromatic carbocycles. The SMILES string of the molecule is NCc1cccc2ccc(Cl)cc12.O=C(NCc1cccc2ccc(Cl)cc12)c1cnn(Cc2cn3cc(C4CC4)ccc3n2)c1.O=C(O)c1cnn(Cc2cn3cc(C4CC4)ccc3n2)c1. The maximum atomic E-state index is 12.7. The molecule has 0 aliphatic heterocycles. The number of hydrogen-bond acceptors (Lipinski definition) is 7. The third-order valence-corrected chi connectivity index (χ3v) is 12.6. The third kappa shape index (κ3) is 10.2. The Labute approximate surface area is 395 Å². The monoisotopic (exact) mass is 928 g/mol. The number of carbonyl (C=O) groups excluding carboxylic acids is 1. The Hall–Kier alpha value is -7.32. The van der Waals surface area contributed by atoms with Crippen LogP contribution in [0, 0.1) is 0 Å². The van der Waals surface area contributed by atoms with Gasteiger partial charge >= 0.3 is 5.97 Å². The molecule has 67 heavy (non-hydrogen) atoms. The number of halogens is 2. The molecule has 336 valence electrons. The molecule has 0 atom stereocenters. The highest BCUT2D eigenvalue weighted by atomic mass is 35.5. The lowest BCUT2D eigenvalue weighted by Crippen LogP contribution is -2.22. The minimum Gasteiger partial charge on any atom is -0.478 e. The maximum Gasteiger partial charge on any atom is 0.338 e. The van der Waals surface area contributed by atoms with Gasteiger partial charge in [0.05, 0.1) is 48.0 Å². The van der Waals surface area contributed by atoms with Crippen LogP contribution < -0.4 is 11.1 Å². The molecule has 2 fully saturated rings. The standard InChI is InChI=1S/C26H22ClN5O.C15H14N4O2.C11H10ClN/c27-22-8-6-18-2-1-3-19(24(18)10-22)11-28-26(33)21-12-29-32(14-21)16-23-15-31-13-20(17-4-5-17)7-9-25(31)30-23;20-15(21)12-5-16-19(7-12)9-13-8-18-6-11(10-1-2-10)3-4-14(18)17-13;12-10-5-4-8-2-1-3-9(7-13)11(8)6-10/h1-3,6-10,12-15,17H,4-5,11,16H2,(H,28,33);3-8,10H,1-2,9H2,(H,20,21);1-6H,7,13H2. The number of rotatable bonds is 11. The van der Waals surface area contributed by atoms with Crippen molar-refractivity contribution in [2.75, 3.05) is 0 Å². The van der Waals surface area contributed by atoms with Crippen molar-refractivity contribution in [1.82, 2.24) is 43.6 Å². The van der Waals surface area contributed by atoms with E-state index in [1.165, 1.54) is 54.6 Å². The topological polar surface area (TPSA) is 163 Å². The van der Waals surface area contributed by atoms with Crippen LogP contribution >= 0.6 is 23.2 Å². The van der Waals surface area contributed by atoms with Crippen molar-refractivity contribution >= 4 is 67.9 Å². The van der Waals surface area contributed by atoms with Gasteiger partial charge in [-0.05, 0) is 118 Å². The number of hydrogen-bond donors (Lipinski definition) is 3. The Morgan fingerprint density at radius 2 is 1.13 bits per heavy atom. The van der Waals surface area contributed by atoms with Crippen molar-refractivity contribution in [2.24, 2.45) is 5.73 Å². The van der Waals surface area contributed by atoms with Crippen molar-refractivity contribution in [1.29, 1.82) is 0 Å². The summed E-state index contributed by atoms with van der Waals surface area (Å²) in [5, 5.41) is 26.2. The van der Waals surface area contributed by atoms with Gasteiger partial charge in [0, 0.05) is 60.3 Å². The summed E-state index contributed by atoms with van der Waals surface area (Å²) >= 11 is 12.1. The van der Waals surface area contributed by atoms with E-state index < -0.39 is 5.97 Å². The van der Waals surface area contributed by atoms with Crippen molar-refractivity contribution in [3.8, 4) is 0 Å². The first-order valence-electron chi connectivity index (χ1n) is 22.2. The highest BCUT2D eigenvalue weighted by Gasteiger charge is 2.25. The third-order valence-electron chi connectivity index (χ3n) is 12.1. The van der Waals surface area contributed by atoms with E-state index in [0.29, 0.717) is 48.6 Å². The fraction of sp³-hybridized carbons (Fsp3) is 0.192. The number of aromatic carboxylic acids is 1. The molecule has 13 nitrogen and oxygen atoms in total. The van der Waals surface area contributed by atoms with Crippen molar-refractivity contribution < 1.29 is 14.7 Å². The zero-order valence-electron chi connectivity index (χ0n) is 36.3. The number of amides is 1. The molecular formula is C52H46Cl2N10O3. The van der Waals surface area contributed by atoms with Crippen LogP contribution in [0.4, 0.5) is 0 Å². The van der Waals surface area contributed by atoms with E-state index in [4.69, 9.17) is 34.0 Å². The molecule has 0 spiro atoms. The molecule has 1 amide bonds. The molecule has 0 bridgehead atoms. The fourth-order valence-electron chi connectivity index (χ4n) is 8.28. The van der Waals surface area contributed by atoms with Crippen LogP contribution in [0.25, 0.3) is 32.8 Å². The summed E-state index contributed by atoms with van der Waals surface area (Å²) in [4.78, 5) is 32.8. The molecule has 10 aromatic rings. The van der Waals surface area contributed by atoms with E-state index in [9.17, 15) is 9.59 Å². The average Bonchev–Trinajstić information content (AvgIpc) is 4.17. The van der Waals surface area contributed by atoms with E-state index in [1.807, 2.05) is 89.6 Å². The van der Waals surface area contributed by atoms with Gasteiger partial charge in [-0.15, -0.1) is 0 Å². The first kappa shape index (κ1) is 43.6. The lowest BCUT2D eigenvalue weighted by atomic mass is 10.0. The molecule has 4 N–H and O–H groups in total. The highest BCUT2D eigenvalue weighted by molar-refractivity contribution is 6.31. The van der Waals surface area contributed by atoms with E-state index in [0.717, 1.165) is 55.0 Å². The minimum absolute atomic E-state index is 0.163. The number of imidazole rings is 2. The molecule has 0 radical (unpaired) electrons. The molecule has 2 saturated carbocycles. The second kappa shape index (κ2) is 18.9. The van der Waals surface area contributed by atoms with Gasteiger partial charge in [-0.2, -0.15) is 10.2 Å². The number of pyridine rings is 2. The lowest BCUT2D eigenvalue weighted by molar-refractivity contribution is 0.0696. The van der Waals surface area contributed by atoms with Gasteiger partial charge in [0.25, 0.3) is 5.91 Å². The number of carboxylic acid groups (broad SMARTS) is 1. The van der Waals surface area contributed by atoms with Crippen LogP contribution in [0.5, 0.6) is 0 Å². The second-order valence-corrected chi connectivity index (χ2v) is 18.0. The Morgan fingerprint density at radius 1 is 0.627 bits per heavy atom. The number of fused-ring (bicyclic) bond motifs is 4. The smallest absolute Gasteiger partial charge is 0.338 e. The molecular weight excluding hydrogens is 884 g/mol. The number of aromatic nitrogens is 8. The summed E-state index contributed by atoms with van der Waals surface area (Å²) in [5.74, 6) is 0.289. The number of nitrogens with zero attached hydrogens (tertiary/aromatic N) is 8. The van der Waals surface area contributed by atoms with Gasteiger partial charge in [-0.3, -0.25) is 14.2 Å². The second-order valence-electron chi connectivity index (χ2n) is 17.1. The molecule has 2 aliphatic carbocycles. The van der Waals surface area contributed by atoms with Crippen LogP contribution in [0.15, 0.2) is 147 Å². The van der Waals surface area contributed by atoms with Gasteiger partial charge in [-0.1, -0.05) is 83.9 Å². The van der Waals surface area contributed by atoms with Gasteiger partial charge in [0.2, 0.25) is 0 Å². The first-order valence-corrected chi connectivity index (χ1v) is 22.9. The quantitative estimate of drug-likeness (QED) is 0.115. The first-order chi connectivity index (χ1) is 32.6. The van der Waals surface area contributed by atoms with Gasteiger partial charge in [0.15, 0.2) is 0 Å². The number of benzene rings is 4. The predicted octanol–water partition coefficient (Wildman–Crippen LogP) is 10.3. The van der Waals surface area contributed by atoms with Crippen molar-refractivity contribution in [3.63, 3.8) is 0 Å². The summed E-state index contributed by atoms with van der Waals surface area (Å²) in [6, 6.07) is 32.2. The molecule has 6 heterocycles. The summed E-state index contributed by atoms with van der Waals surface area (Å²) in [6.45, 7) is 1.94.